The van der Waals surface area contributed by atoms with Crippen molar-refractivity contribution >= 4 is 29.0 Å². The first-order chi connectivity index (χ1) is 8.69. The van der Waals surface area contributed by atoms with Crippen LogP contribution in [0.1, 0.15) is 11.1 Å². The second-order valence-electron chi connectivity index (χ2n) is 3.39. The largest absolute Gasteiger partial charge is 0.363 e. The summed E-state index contributed by atoms with van der Waals surface area (Å²) < 4.78 is 0. The van der Waals surface area contributed by atoms with Crippen molar-refractivity contribution in [2.75, 3.05) is 5.32 Å². The smallest absolute Gasteiger partial charge is 0.245 e. The first-order valence-electron chi connectivity index (χ1n) is 4.97. The highest BCUT2D eigenvalue weighted by molar-refractivity contribution is 6.32. The van der Waals surface area contributed by atoms with Crippen molar-refractivity contribution in [2.45, 2.75) is 6.54 Å². The molecular formula is C11H7Cl2N5. The van der Waals surface area contributed by atoms with E-state index in [0.717, 1.165) is 5.56 Å². The maximum absolute atomic E-state index is 8.79. The fraction of sp³-hybridized carbons (Fsp3) is 0.0909. The molecule has 0 fully saturated rings. The number of hydrogen-bond donors (Lipinski definition) is 1. The molecule has 0 saturated heterocycles. The van der Waals surface area contributed by atoms with Crippen LogP contribution in [0.4, 0.5) is 5.82 Å². The summed E-state index contributed by atoms with van der Waals surface area (Å²) in [5.41, 5.74) is 1.53. The Labute approximate surface area is 113 Å². The minimum atomic E-state index is 0.0210. The van der Waals surface area contributed by atoms with Gasteiger partial charge in [0.2, 0.25) is 5.28 Å². The number of benzene rings is 1. The second kappa shape index (κ2) is 5.63. The molecule has 1 heterocycles. The molecule has 0 unspecified atom stereocenters. The number of hydrogen-bond acceptors (Lipinski definition) is 5. The summed E-state index contributed by atoms with van der Waals surface area (Å²) in [6, 6.07) is 9.28. The summed E-state index contributed by atoms with van der Waals surface area (Å²) in [6.07, 6.45) is 0. The molecule has 1 aromatic carbocycles. The van der Waals surface area contributed by atoms with Gasteiger partial charge in [0, 0.05) is 6.54 Å². The molecule has 7 heteroatoms. The summed E-state index contributed by atoms with van der Waals surface area (Å²) >= 11 is 11.4. The standard InChI is InChI=1S/C11H7Cl2N5/c12-9-10(16-11(13)18-17-9)15-6-8-3-1-2-7(4-8)5-14/h1-4H,6H2,(H,15,16,18). The van der Waals surface area contributed by atoms with Crippen LogP contribution in [0, 0.1) is 11.3 Å². The molecule has 0 aliphatic rings. The van der Waals surface area contributed by atoms with Gasteiger partial charge in [-0.15, -0.1) is 10.2 Å². The molecule has 2 aromatic rings. The van der Waals surface area contributed by atoms with Gasteiger partial charge in [-0.05, 0) is 29.3 Å². The Kier molecular flexibility index (Phi) is 3.92. The molecule has 0 aliphatic carbocycles. The Hall–Kier alpha value is -1.90. The fourth-order valence-electron chi connectivity index (χ4n) is 1.34. The summed E-state index contributed by atoms with van der Waals surface area (Å²) in [5, 5.41) is 19.1. The average molecular weight is 280 g/mol. The topological polar surface area (TPSA) is 74.5 Å². The number of rotatable bonds is 3. The lowest BCUT2D eigenvalue weighted by Crippen LogP contribution is -2.04. The number of halogens is 2. The van der Waals surface area contributed by atoms with E-state index in [-0.39, 0.29) is 10.4 Å². The molecule has 0 spiro atoms. The number of nitrogens with zero attached hydrogens (tertiary/aromatic N) is 4. The van der Waals surface area contributed by atoms with Crippen LogP contribution in [0.2, 0.25) is 10.4 Å². The van der Waals surface area contributed by atoms with Gasteiger partial charge in [0.15, 0.2) is 11.0 Å². The highest BCUT2D eigenvalue weighted by atomic mass is 35.5. The van der Waals surface area contributed by atoms with Crippen molar-refractivity contribution in [1.29, 1.82) is 5.26 Å². The van der Waals surface area contributed by atoms with Gasteiger partial charge in [0.1, 0.15) is 0 Å². The van der Waals surface area contributed by atoms with Crippen LogP contribution in [-0.4, -0.2) is 15.2 Å². The van der Waals surface area contributed by atoms with Gasteiger partial charge in [-0.25, -0.2) is 0 Å². The van der Waals surface area contributed by atoms with Gasteiger partial charge < -0.3 is 5.32 Å². The van der Waals surface area contributed by atoms with Crippen molar-refractivity contribution < 1.29 is 0 Å². The van der Waals surface area contributed by atoms with E-state index in [1.165, 1.54) is 0 Å². The minimum absolute atomic E-state index is 0.0210. The first kappa shape index (κ1) is 12.6. The SMILES string of the molecule is N#Cc1cccc(CNc2nc(Cl)nnc2Cl)c1. The quantitative estimate of drug-likeness (QED) is 0.935. The zero-order valence-corrected chi connectivity index (χ0v) is 10.6. The number of anilines is 1. The van der Waals surface area contributed by atoms with Crippen molar-refractivity contribution in [1.82, 2.24) is 15.2 Å². The van der Waals surface area contributed by atoms with Gasteiger partial charge in [-0.1, -0.05) is 23.7 Å². The summed E-state index contributed by atoms with van der Waals surface area (Å²) in [6.45, 7) is 0.463. The lowest BCUT2D eigenvalue weighted by atomic mass is 10.1. The molecule has 18 heavy (non-hydrogen) atoms. The molecule has 0 radical (unpaired) electrons. The first-order valence-corrected chi connectivity index (χ1v) is 5.73. The molecular weight excluding hydrogens is 273 g/mol. The van der Waals surface area contributed by atoms with Crippen LogP contribution in [0.25, 0.3) is 0 Å². The van der Waals surface area contributed by atoms with E-state index in [2.05, 4.69) is 26.6 Å². The van der Waals surface area contributed by atoms with E-state index in [1.807, 2.05) is 12.1 Å². The van der Waals surface area contributed by atoms with Crippen molar-refractivity contribution in [2.24, 2.45) is 0 Å². The molecule has 90 valence electrons. The molecule has 5 nitrogen and oxygen atoms in total. The second-order valence-corrected chi connectivity index (χ2v) is 4.08. The normalized spacial score (nSPS) is 9.83. The minimum Gasteiger partial charge on any atom is -0.363 e. The van der Waals surface area contributed by atoms with Crippen LogP contribution in [0.5, 0.6) is 0 Å². The highest BCUT2D eigenvalue weighted by Gasteiger charge is 2.05. The number of nitrogens with one attached hydrogen (secondary N) is 1. The van der Waals surface area contributed by atoms with Crippen molar-refractivity contribution in [3.05, 3.63) is 45.8 Å². The van der Waals surface area contributed by atoms with E-state index < -0.39 is 0 Å². The Bertz CT molecular complexity index is 609. The molecule has 0 saturated carbocycles. The molecule has 0 bridgehead atoms. The summed E-state index contributed by atoms with van der Waals surface area (Å²) in [4.78, 5) is 3.91. The highest BCUT2D eigenvalue weighted by Crippen LogP contribution is 2.17. The number of aromatic nitrogens is 3. The van der Waals surface area contributed by atoms with Crippen LogP contribution in [0.15, 0.2) is 24.3 Å². The lowest BCUT2D eigenvalue weighted by Gasteiger charge is -2.06. The zero-order chi connectivity index (χ0) is 13.0. The Morgan fingerprint density at radius 2 is 2.11 bits per heavy atom. The third kappa shape index (κ3) is 3.06. The van der Waals surface area contributed by atoms with E-state index in [0.29, 0.717) is 17.9 Å². The van der Waals surface area contributed by atoms with E-state index in [9.17, 15) is 0 Å². The molecule has 0 amide bonds. The molecule has 0 atom stereocenters. The van der Waals surface area contributed by atoms with Gasteiger partial charge in [-0.2, -0.15) is 10.2 Å². The van der Waals surface area contributed by atoms with Crippen LogP contribution in [0.3, 0.4) is 0 Å². The van der Waals surface area contributed by atoms with Gasteiger partial charge in [-0.3, -0.25) is 0 Å². The van der Waals surface area contributed by atoms with Crippen LogP contribution >= 0.6 is 23.2 Å². The third-order valence-electron chi connectivity index (χ3n) is 2.14. The van der Waals surface area contributed by atoms with Gasteiger partial charge in [0.05, 0.1) is 11.6 Å². The average Bonchev–Trinajstić information content (AvgIpc) is 2.40. The fourth-order valence-corrected chi connectivity index (χ4v) is 1.61. The molecule has 2 rings (SSSR count). The number of nitriles is 1. The Balaban J connectivity index is 2.11. The predicted octanol–water partition coefficient (Wildman–Crippen LogP) is 2.66. The zero-order valence-electron chi connectivity index (χ0n) is 9.06. The third-order valence-corrected chi connectivity index (χ3v) is 2.55. The Morgan fingerprint density at radius 3 is 2.89 bits per heavy atom. The Morgan fingerprint density at radius 1 is 1.28 bits per heavy atom. The summed E-state index contributed by atoms with van der Waals surface area (Å²) in [7, 11) is 0. The predicted molar refractivity (Wildman–Crippen MR) is 68.3 cm³/mol. The maximum Gasteiger partial charge on any atom is 0.245 e. The van der Waals surface area contributed by atoms with Gasteiger partial charge >= 0.3 is 0 Å². The van der Waals surface area contributed by atoms with Crippen LogP contribution in [-0.2, 0) is 6.54 Å². The van der Waals surface area contributed by atoms with E-state index in [1.54, 1.807) is 12.1 Å². The molecule has 1 N–H and O–H groups in total. The molecule has 0 aliphatic heterocycles. The monoisotopic (exact) mass is 279 g/mol. The maximum atomic E-state index is 8.79. The van der Waals surface area contributed by atoms with E-state index >= 15 is 0 Å². The summed E-state index contributed by atoms with van der Waals surface area (Å²) in [5.74, 6) is 0.360. The van der Waals surface area contributed by atoms with Crippen molar-refractivity contribution in [3.63, 3.8) is 0 Å². The van der Waals surface area contributed by atoms with Gasteiger partial charge in [0.25, 0.3) is 0 Å². The van der Waals surface area contributed by atoms with E-state index in [4.69, 9.17) is 28.5 Å². The van der Waals surface area contributed by atoms with Crippen molar-refractivity contribution in [3.8, 4) is 6.07 Å². The lowest BCUT2D eigenvalue weighted by molar-refractivity contribution is 0.958. The van der Waals surface area contributed by atoms with Crippen LogP contribution < -0.4 is 5.32 Å². The molecule has 1 aromatic heterocycles.